The van der Waals surface area contributed by atoms with Crippen LogP contribution in [0.1, 0.15) is 11.1 Å². The van der Waals surface area contributed by atoms with Gasteiger partial charge in [0.1, 0.15) is 5.82 Å². The van der Waals surface area contributed by atoms with Crippen molar-refractivity contribution in [3.05, 3.63) is 35.1 Å². The Bertz CT molecular complexity index is 705. The van der Waals surface area contributed by atoms with Gasteiger partial charge in [-0.1, -0.05) is 6.07 Å². The summed E-state index contributed by atoms with van der Waals surface area (Å²) < 4.78 is 18.9. The summed E-state index contributed by atoms with van der Waals surface area (Å²) in [6.45, 7) is 5.76. The van der Waals surface area contributed by atoms with Crippen LogP contribution in [0.4, 0.5) is 4.39 Å². The number of carbonyl (C=O) groups is 1. The standard InChI is InChI=1S/C21H35FN6O2/c1-23-21(25-14-17-5-6-19(22)18(13-17)15-26(2)3)28-10-8-27(9-11-28)16-20(29)24-7-12-30-4/h5-6,13H,7-12,14-16H2,1-4H3,(H,23,25)(H,24,29). The van der Waals surface area contributed by atoms with Crippen LogP contribution in [0, 0.1) is 5.82 Å². The number of methoxy groups -OCH3 is 1. The van der Waals surface area contributed by atoms with Crippen LogP contribution in [0.15, 0.2) is 23.2 Å². The molecule has 0 aromatic heterocycles. The van der Waals surface area contributed by atoms with Gasteiger partial charge in [0.2, 0.25) is 5.91 Å². The fourth-order valence-corrected chi connectivity index (χ4v) is 3.38. The van der Waals surface area contributed by atoms with Crippen molar-refractivity contribution in [3.8, 4) is 0 Å². The first-order chi connectivity index (χ1) is 14.4. The molecule has 9 heteroatoms. The molecule has 30 heavy (non-hydrogen) atoms. The molecule has 1 amide bonds. The molecule has 0 spiro atoms. The summed E-state index contributed by atoms with van der Waals surface area (Å²) in [5.41, 5.74) is 1.70. The monoisotopic (exact) mass is 422 g/mol. The van der Waals surface area contributed by atoms with Crippen molar-refractivity contribution in [2.45, 2.75) is 13.1 Å². The van der Waals surface area contributed by atoms with Crippen LogP contribution in [-0.4, -0.2) is 101 Å². The van der Waals surface area contributed by atoms with Gasteiger partial charge in [0.15, 0.2) is 5.96 Å². The third kappa shape index (κ3) is 7.89. The SMILES string of the molecule is CN=C(NCc1ccc(F)c(CN(C)C)c1)N1CCN(CC(=O)NCCOC)CC1. The number of carbonyl (C=O) groups excluding carboxylic acids is 1. The molecule has 1 heterocycles. The number of hydrogen-bond donors (Lipinski definition) is 2. The van der Waals surface area contributed by atoms with Crippen LogP contribution < -0.4 is 10.6 Å². The number of piperazine rings is 1. The van der Waals surface area contributed by atoms with Gasteiger partial charge in [0, 0.05) is 65.5 Å². The molecule has 1 aromatic rings. The summed E-state index contributed by atoms with van der Waals surface area (Å²) in [6.07, 6.45) is 0. The summed E-state index contributed by atoms with van der Waals surface area (Å²) in [5, 5.41) is 6.22. The number of rotatable bonds is 9. The highest BCUT2D eigenvalue weighted by Gasteiger charge is 2.21. The highest BCUT2D eigenvalue weighted by molar-refractivity contribution is 5.80. The lowest BCUT2D eigenvalue weighted by atomic mass is 10.1. The topological polar surface area (TPSA) is 72.4 Å². The molecular formula is C21H35FN6O2. The summed E-state index contributed by atoms with van der Waals surface area (Å²) in [4.78, 5) is 22.6. The number of amides is 1. The number of ether oxygens (including phenoxy) is 1. The van der Waals surface area contributed by atoms with Gasteiger partial charge in [-0.2, -0.15) is 0 Å². The maximum atomic E-state index is 14.0. The lowest BCUT2D eigenvalue weighted by Crippen LogP contribution is -2.54. The first-order valence-corrected chi connectivity index (χ1v) is 10.3. The van der Waals surface area contributed by atoms with Gasteiger partial charge < -0.3 is 25.2 Å². The summed E-state index contributed by atoms with van der Waals surface area (Å²) in [7, 11) is 7.23. The van der Waals surface area contributed by atoms with E-state index >= 15 is 0 Å². The number of nitrogens with one attached hydrogen (secondary N) is 2. The van der Waals surface area contributed by atoms with Gasteiger partial charge in [-0.25, -0.2) is 4.39 Å². The molecule has 1 saturated heterocycles. The molecule has 2 N–H and O–H groups in total. The van der Waals surface area contributed by atoms with Crippen molar-refractivity contribution in [2.75, 3.05) is 74.1 Å². The molecule has 0 atom stereocenters. The Kier molecular flexibility index (Phi) is 9.99. The van der Waals surface area contributed by atoms with Crippen LogP contribution in [0.2, 0.25) is 0 Å². The van der Waals surface area contributed by atoms with Crippen LogP contribution in [-0.2, 0) is 22.6 Å². The van der Waals surface area contributed by atoms with Crippen molar-refractivity contribution < 1.29 is 13.9 Å². The summed E-state index contributed by atoms with van der Waals surface area (Å²) >= 11 is 0. The molecule has 1 fully saturated rings. The lowest BCUT2D eigenvalue weighted by molar-refractivity contribution is -0.122. The zero-order valence-electron chi connectivity index (χ0n) is 18.6. The largest absolute Gasteiger partial charge is 0.383 e. The van der Waals surface area contributed by atoms with E-state index in [9.17, 15) is 9.18 Å². The summed E-state index contributed by atoms with van der Waals surface area (Å²) in [5.74, 6) is 0.657. The normalized spacial score (nSPS) is 15.5. The fourth-order valence-electron chi connectivity index (χ4n) is 3.38. The Morgan fingerprint density at radius 3 is 2.60 bits per heavy atom. The predicted octanol–water partition coefficient (Wildman–Crippen LogP) is 0.343. The van der Waals surface area contributed by atoms with E-state index in [-0.39, 0.29) is 11.7 Å². The number of aliphatic imine (C=N–C) groups is 1. The average Bonchev–Trinajstić information content (AvgIpc) is 2.71. The number of hydrogen-bond acceptors (Lipinski definition) is 5. The molecule has 0 radical (unpaired) electrons. The Hall–Kier alpha value is -2.23. The second kappa shape index (κ2) is 12.5. The Labute approximate surface area is 179 Å². The third-order valence-electron chi connectivity index (χ3n) is 4.93. The van der Waals surface area contributed by atoms with E-state index in [2.05, 4.69) is 25.4 Å². The fraction of sp³-hybridized carbons (Fsp3) is 0.619. The highest BCUT2D eigenvalue weighted by atomic mass is 19.1. The number of benzene rings is 1. The maximum Gasteiger partial charge on any atom is 0.234 e. The molecule has 0 aliphatic carbocycles. The zero-order chi connectivity index (χ0) is 21.9. The number of halogens is 1. The Morgan fingerprint density at radius 1 is 1.23 bits per heavy atom. The van der Waals surface area contributed by atoms with Crippen molar-refractivity contribution in [1.82, 2.24) is 25.3 Å². The predicted molar refractivity (Wildman–Crippen MR) is 117 cm³/mol. The maximum absolute atomic E-state index is 14.0. The van der Waals surface area contributed by atoms with Crippen molar-refractivity contribution >= 4 is 11.9 Å². The molecular weight excluding hydrogens is 387 g/mol. The van der Waals surface area contributed by atoms with E-state index in [0.29, 0.717) is 38.3 Å². The Balaban J connectivity index is 1.80. The van der Waals surface area contributed by atoms with Crippen molar-refractivity contribution in [1.29, 1.82) is 0 Å². The van der Waals surface area contributed by atoms with Crippen molar-refractivity contribution in [2.24, 2.45) is 4.99 Å². The molecule has 8 nitrogen and oxygen atoms in total. The summed E-state index contributed by atoms with van der Waals surface area (Å²) in [6, 6.07) is 5.22. The molecule has 2 rings (SSSR count). The molecule has 0 bridgehead atoms. The lowest BCUT2D eigenvalue weighted by Gasteiger charge is -2.36. The van der Waals surface area contributed by atoms with E-state index in [0.717, 1.165) is 37.7 Å². The minimum Gasteiger partial charge on any atom is -0.383 e. The first-order valence-electron chi connectivity index (χ1n) is 10.3. The van der Waals surface area contributed by atoms with Gasteiger partial charge in [-0.3, -0.25) is 14.7 Å². The third-order valence-corrected chi connectivity index (χ3v) is 4.93. The highest BCUT2D eigenvalue weighted by Crippen LogP contribution is 2.12. The van der Waals surface area contributed by atoms with E-state index in [1.54, 1.807) is 20.2 Å². The zero-order valence-corrected chi connectivity index (χ0v) is 18.6. The smallest absolute Gasteiger partial charge is 0.234 e. The first kappa shape index (κ1) is 24.0. The molecule has 1 aromatic carbocycles. The molecule has 168 valence electrons. The molecule has 1 aliphatic heterocycles. The number of guanidine groups is 1. The second-order valence-electron chi connectivity index (χ2n) is 7.67. The van der Waals surface area contributed by atoms with E-state index in [1.807, 2.05) is 25.1 Å². The minimum atomic E-state index is -0.181. The minimum absolute atomic E-state index is 0.0212. The number of nitrogens with zero attached hydrogens (tertiary/aromatic N) is 4. The van der Waals surface area contributed by atoms with Crippen LogP contribution in [0.3, 0.4) is 0 Å². The van der Waals surface area contributed by atoms with Gasteiger partial charge in [-0.05, 0) is 31.8 Å². The van der Waals surface area contributed by atoms with E-state index in [1.165, 1.54) is 6.07 Å². The average molecular weight is 423 g/mol. The van der Waals surface area contributed by atoms with Gasteiger partial charge in [0.25, 0.3) is 0 Å². The quantitative estimate of drug-likeness (QED) is 0.340. The Morgan fingerprint density at radius 2 is 1.97 bits per heavy atom. The van der Waals surface area contributed by atoms with E-state index in [4.69, 9.17) is 4.74 Å². The molecule has 0 unspecified atom stereocenters. The van der Waals surface area contributed by atoms with Crippen molar-refractivity contribution in [3.63, 3.8) is 0 Å². The van der Waals surface area contributed by atoms with Gasteiger partial charge in [0.05, 0.1) is 13.2 Å². The van der Waals surface area contributed by atoms with Gasteiger partial charge >= 0.3 is 0 Å². The second-order valence-corrected chi connectivity index (χ2v) is 7.67. The van der Waals surface area contributed by atoms with Crippen LogP contribution in [0.25, 0.3) is 0 Å². The van der Waals surface area contributed by atoms with Gasteiger partial charge in [-0.15, -0.1) is 0 Å². The molecule has 0 saturated carbocycles. The molecule has 1 aliphatic rings. The van der Waals surface area contributed by atoms with Crippen LogP contribution >= 0.6 is 0 Å². The van der Waals surface area contributed by atoms with E-state index < -0.39 is 0 Å². The van der Waals surface area contributed by atoms with Crippen LogP contribution in [0.5, 0.6) is 0 Å².